The second-order valence-electron chi connectivity index (χ2n) is 5.72. The number of aromatic nitrogens is 1. The number of oxazole rings is 1. The van der Waals surface area contributed by atoms with Crippen LogP contribution < -0.4 is 4.90 Å². The van der Waals surface area contributed by atoms with E-state index in [4.69, 9.17) is 4.42 Å². The van der Waals surface area contributed by atoms with Crippen molar-refractivity contribution in [2.24, 2.45) is 0 Å². The molecule has 0 radical (unpaired) electrons. The van der Waals surface area contributed by atoms with Crippen LogP contribution in [0.25, 0.3) is 0 Å². The Balaban J connectivity index is 1.86. The first kappa shape index (κ1) is 17.4. The molecule has 6 heteroatoms. The van der Waals surface area contributed by atoms with Gasteiger partial charge in [-0.15, -0.1) is 0 Å². The van der Waals surface area contributed by atoms with Gasteiger partial charge in [0.2, 0.25) is 5.91 Å². The van der Waals surface area contributed by atoms with Crippen LogP contribution in [-0.4, -0.2) is 42.7 Å². The van der Waals surface area contributed by atoms with Crippen molar-refractivity contribution >= 4 is 23.4 Å². The number of anilines is 1. The van der Waals surface area contributed by atoms with Gasteiger partial charge in [0, 0.05) is 33.4 Å². The lowest BCUT2D eigenvalue weighted by Gasteiger charge is -2.18. The lowest BCUT2D eigenvalue weighted by atomic mass is 10.2. The maximum Gasteiger partial charge on any atom is 0.256 e. The molecule has 1 amide bonds. The summed E-state index contributed by atoms with van der Waals surface area (Å²) >= 11 is 1.33. The van der Waals surface area contributed by atoms with Crippen molar-refractivity contribution < 1.29 is 9.21 Å². The lowest BCUT2D eigenvalue weighted by molar-refractivity contribution is -0.127. The van der Waals surface area contributed by atoms with E-state index in [1.165, 1.54) is 11.8 Å². The van der Waals surface area contributed by atoms with Crippen molar-refractivity contribution in [3.63, 3.8) is 0 Å². The molecule has 0 bridgehead atoms. The van der Waals surface area contributed by atoms with Crippen LogP contribution >= 0.6 is 11.8 Å². The first-order valence-corrected chi connectivity index (χ1v) is 8.42. The average Bonchev–Trinajstić information content (AvgIpc) is 2.84. The maximum atomic E-state index is 12.2. The average molecular weight is 333 g/mol. The quantitative estimate of drug-likeness (QED) is 0.760. The van der Waals surface area contributed by atoms with Crippen LogP contribution in [0, 0.1) is 13.8 Å². The number of benzene rings is 1. The summed E-state index contributed by atoms with van der Waals surface area (Å²) in [4.78, 5) is 20.3. The highest BCUT2D eigenvalue weighted by molar-refractivity contribution is 7.99. The lowest BCUT2D eigenvalue weighted by Crippen LogP contribution is -2.27. The molecule has 5 nitrogen and oxygen atoms in total. The Labute approximate surface area is 141 Å². The number of thioether (sulfide) groups is 1. The summed E-state index contributed by atoms with van der Waals surface area (Å²) in [6, 6.07) is 8.21. The molecule has 2 rings (SSSR count). The maximum absolute atomic E-state index is 12.2. The van der Waals surface area contributed by atoms with Gasteiger partial charge >= 0.3 is 0 Å². The van der Waals surface area contributed by atoms with E-state index < -0.39 is 0 Å². The summed E-state index contributed by atoms with van der Waals surface area (Å²) in [7, 11) is 5.83. The summed E-state index contributed by atoms with van der Waals surface area (Å²) < 4.78 is 5.47. The van der Waals surface area contributed by atoms with Crippen molar-refractivity contribution in [2.75, 3.05) is 31.8 Å². The predicted octanol–water partition coefficient (Wildman–Crippen LogP) is 3.11. The van der Waals surface area contributed by atoms with Crippen LogP contribution in [0.1, 0.15) is 17.0 Å². The summed E-state index contributed by atoms with van der Waals surface area (Å²) in [5, 5.41) is 0.553. The number of amides is 1. The third-order valence-corrected chi connectivity index (χ3v) is 4.44. The number of nitrogens with zero attached hydrogens (tertiary/aromatic N) is 3. The second kappa shape index (κ2) is 7.55. The fourth-order valence-electron chi connectivity index (χ4n) is 2.00. The van der Waals surface area contributed by atoms with Crippen molar-refractivity contribution in [1.82, 2.24) is 9.88 Å². The Morgan fingerprint density at radius 1 is 1.17 bits per heavy atom. The van der Waals surface area contributed by atoms with E-state index in [9.17, 15) is 4.79 Å². The number of carbonyl (C=O) groups excluding carboxylic acids is 1. The Morgan fingerprint density at radius 3 is 2.35 bits per heavy atom. The molecule has 0 atom stereocenters. The van der Waals surface area contributed by atoms with E-state index in [0.29, 0.717) is 17.5 Å². The van der Waals surface area contributed by atoms with E-state index in [0.717, 1.165) is 22.7 Å². The highest BCUT2D eigenvalue weighted by atomic mass is 32.2. The van der Waals surface area contributed by atoms with E-state index in [-0.39, 0.29) is 5.91 Å². The first-order chi connectivity index (χ1) is 10.9. The molecule has 2 aromatic rings. The van der Waals surface area contributed by atoms with Crippen molar-refractivity contribution in [3.8, 4) is 0 Å². The smallest absolute Gasteiger partial charge is 0.256 e. The number of hydrogen-bond acceptors (Lipinski definition) is 5. The first-order valence-electron chi connectivity index (χ1n) is 7.44. The molecule has 0 unspecified atom stereocenters. The molecule has 0 aliphatic carbocycles. The second-order valence-corrected chi connectivity index (χ2v) is 6.65. The molecule has 0 saturated heterocycles. The van der Waals surface area contributed by atoms with Crippen LogP contribution in [-0.2, 0) is 11.3 Å². The number of rotatable bonds is 6. The minimum Gasteiger partial charge on any atom is -0.437 e. The van der Waals surface area contributed by atoms with E-state index >= 15 is 0 Å². The van der Waals surface area contributed by atoms with Gasteiger partial charge in [0.15, 0.2) is 0 Å². The summed E-state index contributed by atoms with van der Waals surface area (Å²) in [5.74, 6) is 1.18. The van der Waals surface area contributed by atoms with Gasteiger partial charge in [-0.05, 0) is 31.5 Å². The van der Waals surface area contributed by atoms with Gasteiger partial charge in [0.1, 0.15) is 5.76 Å². The van der Waals surface area contributed by atoms with Crippen molar-refractivity contribution in [1.29, 1.82) is 0 Å². The normalized spacial score (nSPS) is 10.7. The summed E-state index contributed by atoms with van der Waals surface area (Å²) in [6.07, 6.45) is 0. The monoisotopic (exact) mass is 333 g/mol. The SMILES string of the molecule is Cc1nc(SCC(=O)N(C)Cc2ccc(N(C)C)cc2)oc1C. The highest BCUT2D eigenvalue weighted by Gasteiger charge is 2.13. The minimum atomic E-state index is 0.0557. The third kappa shape index (κ3) is 4.76. The largest absolute Gasteiger partial charge is 0.437 e. The molecule has 0 aliphatic rings. The molecule has 1 aromatic heterocycles. The molecular formula is C17H23N3O2S. The van der Waals surface area contributed by atoms with E-state index in [1.807, 2.05) is 47.1 Å². The fraction of sp³-hybridized carbons (Fsp3) is 0.412. The van der Waals surface area contributed by atoms with Gasteiger partial charge in [0.25, 0.3) is 5.22 Å². The Morgan fingerprint density at radius 2 is 1.83 bits per heavy atom. The Hall–Kier alpha value is -1.95. The third-order valence-electron chi connectivity index (χ3n) is 3.63. The molecule has 0 saturated carbocycles. The van der Waals surface area contributed by atoms with Crippen LogP contribution in [0.3, 0.4) is 0 Å². The van der Waals surface area contributed by atoms with Crippen molar-refractivity contribution in [3.05, 3.63) is 41.3 Å². The molecular weight excluding hydrogens is 310 g/mol. The van der Waals surface area contributed by atoms with Gasteiger partial charge in [-0.2, -0.15) is 0 Å². The van der Waals surface area contributed by atoms with E-state index in [1.54, 1.807) is 4.90 Å². The van der Waals surface area contributed by atoms with Gasteiger partial charge in [-0.1, -0.05) is 23.9 Å². The van der Waals surface area contributed by atoms with Crippen LogP contribution in [0.15, 0.2) is 33.9 Å². The van der Waals surface area contributed by atoms with Crippen LogP contribution in [0.4, 0.5) is 5.69 Å². The minimum absolute atomic E-state index is 0.0557. The van der Waals surface area contributed by atoms with Gasteiger partial charge in [-0.25, -0.2) is 4.98 Å². The highest BCUT2D eigenvalue weighted by Crippen LogP contribution is 2.20. The molecule has 1 heterocycles. The molecule has 0 N–H and O–H groups in total. The Bertz CT molecular complexity index is 645. The van der Waals surface area contributed by atoms with Crippen LogP contribution in [0.5, 0.6) is 0 Å². The number of aryl methyl sites for hydroxylation is 2. The van der Waals surface area contributed by atoms with E-state index in [2.05, 4.69) is 22.0 Å². The summed E-state index contributed by atoms with van der Waals surface area (Å²) in [6.45, 7) is 4.36. The molecule has 0 fully saturated rings. The zero-order chi connectivity index (χ0) is 17.0. The summed E-state index contributed by atoms with van der Waals surface area (Å²) in [5.41, 5.74) is 3.13. The van der Waals surface area contributed by atoms with Gasteiger partial charge in [-0.3, -0.25) is 4.79 Å². The zero-order valence-corrected chi connectivity index (χ0v) is 15.1. The van der Waals surface area contributed by atoms with Crippen molar-refractivity contribution in [2.45, 2.75) is 25.6 Å². The molecule has 124 valence electrons. The Kier molecular flexibility index (Phi) is 5.71. The molecule has 23 heavy (non-hydrogen) atoms. The number of hydrogen-bond donors (Lipinski definition) is 0. The van der Waals surface area contributed by atoms with Gasteiger partial charge in [0.05, 0.1) is 11.4 Å². The zero-order valence-electron chi connectivity index (χ0n) is 14.3. The standard InChI is InChI=1S/C17H23N3O2S/c1-12-13(2)22-17(18-12)23-11-16(21)20(5)10-14-6-8-15(9-7-14)19(3)4/h6-9H,10-11H2,1-5H3. The predicted molar refractivity (Wildman–Crippen MR) is 93.9 cm³/mol. The van der Waals surface area contributed by atoms with Gasteiger partial charge < -0.3 is 14.2 Å². The fourth-order valence-corrected chi connectivity index (χ4v) is 2.85. The molecule has 1 aromatic carbocycles. The topological polar surface area (TPSA) is 49.6 Å². The molecule has 0 aliphatic heterocycles. The van der Waals surface area contributed by atoms with Crippen LogP contribution in [0.2, 0.25) is 0 Å². The number of carbonyl (C=O) groups is 1. The molecule has 0 spiro atoms.